The molecule has 1 aliphatic carbocycles. The number of nitriles is 2. The number of aromatic nitrogens is 4. The van der Waals surface area contributed by atoms with Gasteiger partial charge in [0.2, 0.25) is 0 Å². The van der Waals surface area contributed by atoms with Crippen molar-refractivity contribution in [2.45, 2.75) is 58.5 Å². The zero-order valence-corrected chi connectivity index (χ0v) is 25.4. The Kier molecular flexibility index (Phi) is 7.51. The highest BCUT2D eigenvalue weighted by molar-refractivity contribution is 5.99. The van der Waals surface area contributed by atoms with Gasteiger partial charge in [-0.25, -0.2) is 8.78 Å². The zero-order valence-electron chi connectivity index (χ0n) is 25.4. The van der Waals surface area contributed by atoms with Crippen molar-refractivity contribution in [2.75, 3.05) is 17.2 Å². The number of nitrogens with one attached hydrogen (secondary N) is 4. The molecule has 13 heteroatoms. The smallest absolute Gasteiger partial charge is 0.262 e. The predicted octanol–water partition coefficient (Wildman–Crippen LogP) is 5.44. The molecule has 0 amide bonds. The zero-order chi connectivity index (χ0) is 31.9. The van der Waals surface area contributed by atoms with Gasteiger partial charge in [-0.3, -0.25) is 14.6 Å². The number of nitrogens with zero attached hydrogens (tertiary/aromatic N) is 7. The fourth-order valence-electron chi connectivity index (χ4n) is 5.56. The van der Waals surface area contributed by atoms with E-state index in [4.69, 9.17) is 0 Å². The van der Waals surface area contributed by atoms with Gasteiger partial charge in [-0.05, 0) is 54.5 Å². The second-order valence-electron chi connectivity index (χ2n) is 12.6. The first-order chi connectivity index (χ1) is 21.5. The standard InChI is InChI=1S/C32H33F2N11/c1-19-23(6-5-7-26(19)44-17-39-40-18-44)29(25-15-45(43-42-25)32(8-9-32)30(33)34)41-22-10-20(12-35)27-24(11-22)28(21(13-36)14-37-27)38-16-31(2,3)4/h5-7,10-11,14-15,17-18,29-30,41-43H,8-9,16H2,1-4H3,(H,37,38)/t29-/m0/s1. The van der Waals surface area contributed by atoms with Crippen LogP contribution < -0.4 is 21.6 Å². The van der Waals surface area contributed by atoms with Gasteiger partial charge in [0.1, 0.15) is 30.3 Å². The molecule has 230 valence electrons. The molecule has 4 aromatic rings. The Hall–Kier alpha value is -5.27. The van der Waals surface area contributed by atoms with Crippen LogP contribution in [0.3, 0.4) is 0 Å². The van der Waals surface area contributed by atoms with Gasteiger partial charge in [-0.1, -0.05) is 32.9 Å². The van der Waals surface area contributed by atoms with E-state index >= 15 is 0 Å². The van der Waals surface area contributed by atoms with Crippen LogP contribution in [0.5, 0.6) is 0 Å². The molecule has 0 bridgehead atoms. The molecule has 11 nitrogen and oxygen atoms in total. The van der Waals surface area contributed by atoms with Gasteiger partial charge in [0.05, 0.1) is 39.8 Å². The van der Waals surface area contributed by atoms with Crippen molar-refractivity contribution in [3.8, 4) is 17.8 Å². The van der Waals surface area contributed by atoms with Crippen molar-refractivity contribution < 1.29 is 8.78 Å². The summed E-state index contributed by atoms with van der Waals surface area (Å²) in [5.41, 5.74) is 10.3. The molecule has 1 aliphatic heterocycles. The topological polar surface area (TPSA) is 143 Å². The van der Waals surface area contributed by atoms with Gasteiger partial charge in [0.25, 0.3) is 6.43 Å². The maximum Gasteiger partial charge on any atom is 0.262 e. The van der Waals surface area contributed by atoms with E-state index in [9.17, 15) is 19.3 Å². The van der Waals surface area contributed by atoms with E-state index in [1.165, 1.54) is 11.2 Å². The number of benzene rings is 2. The molecule has 3 heterocycles. The minimum atomic E-state index is -2.52. The number of pyridine rings is 1. The van der Waals surface area contributed by atoms with Crippen molar-refractivity contribution in [3.63, 3.8) is 0 Å². The summed E-state index contributed by atoms with van der Waals surface area (Å²) in [7, 11) is 0. The lowest BCUT2D eigenvalue weighted by Crippen LogP contribution is -2.48. The van der Waals surface area contributed by atoms with Crippen LogP contribution >= 0.6 is 0 Å². The monoisotopic (exact) mass is 609 g/mol. The average molecular weight is 610 g/mol. The van der Waals surface area contributed by atoms with Crippen molar-refractivity contribution in [3.05, 3.63) is 83.3 Å². The third-order valence-electron chi connectivity index (χ3n) is 8.22. The first-order valence-corrected chi connectivity index (χ1v) is 14.6. The number of rotatable bonds is 9. The number of fused-ring (bicyclic) bond motifs is 1. The molecule has 45 heavy (non-hydrogen) atoms. The molecule has 0 saturated heterocycles. The normalized spacial score (nSPS) is 16.1. The number of anilines is 2. The minimum absolute atomic E-state index is 0.0781. The summed E-state index contributed by atoms with van der Waals surface area (Å²) < 4.78 is 29.9. The SMILES string of the molecule is Cc1c([C@H](Nc2cc(C#N)c3ncc(C#N)c(NCC(C)(C)C)c3c2)C2=CN(C3(C(F)F)CC3)NN2)cccc1-n1cnnc1. The van der Waals surface area contributed by atoms with Crippen molar-refractivity contribution in [1.29, 1.82) is 10.5 Å². The fraction of sp³-hybridized carbons (Fsp3) is 0.344. The van der Waals surface area contributed by atoms with Gasteiger partial charge in [-0.2, -0.15) is 10.5 Å². The fourth-order valence-corrected chi connectivity index (χ4v) is 5.56. The quantitative estimate of drug-likeness (QED) is 0.194. The maximum absolute atomic E-state index is 14.0. The third-order valence-corrected chi connectivity index (χ3v) is 8.22. The molecule has 4 N–H and O–H groups in total. The molecule has 2 aromatic carbocycles. The molecule has 0 radical (unpaired) electrons. The van der Waals surface area contributed by atoms with Gasteiger partial charge in [-0.15, -0.1) is 15.7 Å². The first-order valence-electron chi connectivity index (χ1n) is 14.6. The Morgan fingerprint density at radius 1 is 1.09 bits per heavy atom. The molecular weight excluding hydrogens is 576 g/mol. The van der Waals surface area contributed by atoms with Crippen LogP contribution in [0.15, 0.2) is 61.1 Å². The Morgan fingerprint density at radius 3 is 2.47 bits per heavy atom. The largest absolute Gasteiger partial charge is 0.383 e. The highest BCUT2D eigenvalue weighted by Gasteiger charge is 2.56. The number of hydrogen-bond acceptors (Lipinski definition) is 10. The van der Waals surface area contributed by atoms with Crippen LogP contribution in [0.4, 0.5) is 20.2 Å². The summed E-state index contributed by atoms with van der Waals surface area (Å²) in [5, 5.41) is 37.0. The molecule has 6 rings (SSSR count). The van der Waals surface area contributed by atoms with Crippen LogP contribution in [0.25, 0.3) is 16.6 Å². The van der Waals surface area contributed by atoms with E-state index in [-0.39, 0.29) is 5.41 Å². The summed E-state index contributed by atoms with van der Waals surface area (Å²) in [6, 6.07) is 13.3. The summed E-state index contributed by atoms with van der Waals surface area (Å²) in [6.45, 7) is 8.82. The molecule has 0 unspecified atom stereocenters. The molecule has 2 aromatic heterocycles. The molecule has 1 atom stereocenters. The second-order valence-corrected chi connectivity index (χ2v) is 12.6. The summed E-state index contributed by atoms with van der Waals surface area (Å²) in [5.74, 6) is 0. The van der Waals surface area contributed by atoms with E-state index in [0.29, 0.717) is 58.5 Å². The number of halogens is 2. The highest BCUT2D eigenvalue weighted by Crippen LogP contribution is 2.47. The second kappa shape index (κ2) is 11.3. The van der Waals surface area contributed by atoms with Gasteiger partial charge < -0.3 is 16.1 Å². The number of hydrogen-bond donors (Lipinski definition) is 4. The van der Waals surface area contributed by atoms with Crippen LogP contribution in [0, 0.1) is 35.0 Å². The number of alkyl halides is 2. The third kappa shape index (κ3) is 5.58. The van der Waals surface area contributed by atoms with Crippen molar-refractivity contribution in [2.24, 2.45) is 5.41 Å². The van der Waals surface area contributed by atoms with Gasteiger partial charge in [0, 0.05) is 30.0 Å². The Bertz CT molecular complexity index is 1860. The van der Waals surface area contributed by atoms with Crippen molar-refractivity contribution >= 4 is 22.3 Å². The predicted molar refractivity (Wildman–Crippen MR) is 166 cm³/mol. The summed E-state index contributed by atoms with van der Waals surface area (Å²) >= 11 is 0. The first kappa shape index (κ1) is 29.8. The van der Waals surface area contributed by atoms with Crippen LogP contribution in [0.2, 0.25) is 0 Å². The number of hydrazine groups is 2. The van der Waals surface area contributed by atoms with Crippen LogP contribution in [-0.4, -0.2) is 43.3 Å². The van der Waals surface area contributed by atoms with Gasteiger partial charge >= 0.3 is 0 Å². The Morgan fingerprint density at radius 2 is 1.82 bits per heavy atom. The van der Waals surface area contributed by atoms with E-state index in [1.54, 1.807) is 29.5 Å². The summed E-state index contributed by atoms with van der Waals surface area (Å²) in [4.78, 5) is 4.46. The minimum Gasteiger partial charge on any atom is -0.383 e. The molecule has 0 spiro atoms. The Balaban J connectivity index is 1.48. The van der Waals surface area contributed by atoms with E-state index in [0.717, 1.165) is 16.8 Å². The lowest BCUT2D eigenvalue weighted by Gasteiger charge is -2.25. The Labute approximate surface area is 259 Å². The average Bonchev–Trinajstić information content (AvgIpc) is 3.39. The molecular formula is C32H33F2N11. The van der Waals surface area contributed by atoms with Crippen LogP contribution in [-0.2, 0) is 0 Å². The molecule has 1 fully saturated rings. The lowest BCUT2D eigenvalue weighted by atomic mass is 9.95. The van der Waals surface area contributed by atoms with E-state index in [1.807, 2.05) is 31.2 Å². The lowest BCUT2D eigenvalue weighted by molar-refractivity contribution is 0.00911. The summed E-state index contributed by atoms with van der Waals surface area (Å²) in [6.07, 6.45) is 4.61. The van der Waals surface area contributed by atoms with E-state index in [2.05, 4.69) is 69.7 Å². The van der Waals surface area contributed by atoms with Crippen LogP contribution in [0.1, 0.15) is 61.9 Å². The van der Waals surface area contributed by atoms with E-state index < -0.39 is 18.0 Å². The highest BCUT2D eigenvalue weighted by atomic mass is 19.3. The van der Waals surface area contributed by atoms with Crippen molar-refractivity contribution in [1.82, 2.24) is 35.7 Å². The maximum atomic E-state index is 14.0. The molecule has 2 aliphatic rings. The van der Waals surface area contributed by atoms with Gasteiger partial charge in [0.15, 0.2) is 0 Å². The molecule has 1 saturated carbocycles.